The fraction of sp³-hybridized carbons (Fsp3) is 0.533. The lowest BCUT2D eigenvalue weighted by Gasteiger charge is -2.34. The van der Waals surface area contributed by atoms with E-state index in [2.05, 4.69) is 35.0 Å². The summed E-state index contributed by atoms with van der Waals surface area (Å²) >= 11 is 3.45. The van der Waals surface area contributed by atoms with Crippen LogP contribution in [0.1, 0.15) is 44.2 Å². The van der Waals surface area contributed by atoms with Crippen LogP contribution in [0.2, 0.25) is 0 Å². The van der Waals surface area contributed by atoms with Crippen molar-refractivity contribution < 1.29 is 4.79 Å². The van der Waals surface area contributed by atoms with E-state index >= 15 is 0 Å². The minimum absolute atomic E-state index is 0.0167. The second-order valence-corrected chi connectivity index (χ2v) is 6.06. The summed E-state index contributed by atoms with van der Waals surface area (Å²) in [6.07, 6.45) is 3.39. The molecule has 2 rings (SSSR count). The van der Waals surface area contributed by atoms with E-state index in [1.807, 2.05) is 17.0 Å². The Kier molecular flexibility index (Phi) is 4.99. The molecule has 1 fully saturated rings. The van der Waals surface area contributed by atoms with Crippen LogP contribution in [-0.2, 0) is 4.79 Å². The molecule has 2 N–H and O–H groups in total. The molecule has 1 aliphatic heterocycles. The number of carbonyl (C=O) groups excluding carboxylic acids is 1. The minimum Gasteiger partial charge on any atom is -0.334 e. The summed E-state index contributed by atoms with van der Waals surface area (Å²) in [4.78, 5) is 14.2. The third kappa shape index (κ3) is 3.37. The third-order valence-electron chi connectivity index (χ3n) is 3.67. The van der Waals surface area contributed by atoms with Gasteiger partial charge in [0.05, 0.1) is 6.04 Å². The van der Waals surface area contributed by atoms with Gasteiger partial charge < -0.3 is 10.6 Å². The molecule has 1 amide bonds. The molecule has 0 radical (unpaired) electrons. The first-order valence-electron chi connectivity index (χ1n) is 6.94. The summed E-state index contributed by atoms with van der Waals surface area (Å²) in [5.74, 6) is 0.239. The van der Waals surface area contributed by atoms with Crippen LogP contribution < -0.4 is 5.73 Å². The van der Waals surface area contributed by atoms with Gasteiger partial charge in [0.15, 0.2) is 0 Å². The summed E-state index contributed by atoms with van der Waals surface area (Å²) < 4.78 is 1.05. The highest BCUT2D eigenvalue weighted by Crippen LogP contribution is 2.30. The molecule has 19 heavy (non-hydrogen) atoms. The summed E-state index contributed by atoms with van der Waals surface area (Å²) in [6, 6.07) is 8.21. The molecule has 1 aliphatic rings. The van der Waals surface area contributed by atoms with Gasteiger partial charge in [0.1, 0.15) is 0 Å². The minimum atomic E-state index is 0.0167. The Hall–Kier alpha value is -0.870. The average molecular weight is 325 g/mol. The van der Waals surface area contributed by atoms with Gasteiger partial charge in [-0.1, -0.05) is 35.0 Å². The van der Waals surface area contributed by atoms with Crippen molar-refractivity contribution in [2.45, 2.75) is 44.7 Å². The van der Waals surface area contributed by atoms with Crippen LogP contribution in [0.15, 0.2) is 28.7 Å². The number of halogens is 1. The van der Waals surface area contributed by atoms with Crippen molar-refractivity contribution in [2.24, 2.45) is 5.73 Å². The van der Waals surface area contributed by atoms with E-state index < -0.39 is 0 Å². The molecule has 0 aliphatic carbocycles. The van der Waals surface area contributed by atoms with E-state index in [9.17, 15) is 4.79 Å². The lowest BCUT2D eigenvalue weighted by atomic mass is 9.96. The van der Waals surface area contributed by atoms with Crippen LogP contribution in [-0.4, -0.2) is 23.4 Å². The van der Waals surface area contributed by atoms with Crippen molar-refractivity contribution in [1.82, 2.24) is 4.90 Å². The number of carbonyl (C=O) groups is 1. The zero-order valence-corrected chi connectivity index (χ0v) is 12.9. The fourth-order valence-corrected chi connectivity index (χ4v) is 3.03. The van der Waals surface area contributed by atoms with E-state index in [0.29, 0.717) is 6.42 Å². The number of benzene rings is 1. The van der Waals surface area contributed by atoms with E-state index in [1.54, 1.807) is 0 Å². The maximum atomic E-state index is 12.3. The Bertz CT molecular complexity index is 432. The molecule has 0 bridgehead atoms. The van der Waals surface area contributed by atoms with Crippen molar-refractivity contribution in [3.05, 3.63) is 34.3 Å². The van der Waals surface area contributed by atoms with E-state index in [0.717, 1.165) is 35.8 Å². The van der Waals surface area contributed by atoms with Gasteiger partial charge in [0, 0.05) is 23.5 Å². The van der Waals surface area contributed by atoms with Gasteiger partial charge in [0.25, 0.3) is 0 Å². The normalized spacial score (nSPS) is 24.4. The number of amides is 1. The molecule has 0 saturated carbocycles. The maximum Gasteiger partial charge on any atom is 0.223 e. The van der Waals surface area contributed by atoms with Crippen LogP contribution in [0, 0.1) is 0 Å². The zero-order chi connectivity index (χ0) is 13.8. The fourth-order valence-electron chi connectivity index (χ4n) is 2.77. The van der Waals surface area contributed by atoms with Gasteiger partial charge in [-0.15, -0.1) is 0 Å². The van der Waals surface area contributed by atoms with Crippen LogP contribution in [0.5, 0.6) is 0 Å². The standard InChI is InChI=1S/C15H21BrN2O/c1-2-10-18-14(19)5-3-4-13(17)15(18)11-6-8-12(16)9-7-11/h6-9,13,15H,2-5,10,17H2,1H3. The molecule has 0 aromatic heterocycles. The molecular weight excluding hydrogens is 304 g/mol. The first kappa shape index (κ1) is 14.5. The van der Waals surface area contributed by atoms with Gasteiger partial charge in [-0.2, -0.15) is 0 Å². The van der Waals surface area contributed by atoms with Crippen molar-refractivity contribution in [2.75, 3.05) is 6.54 Å². The van der Waals surface area contributed by atoms with Crippen LogP contribution >= 0.6 is 15.9 Å². The van der Waals surface area contributed by atoms with E-state index in [4.69, 9.17) is 5.73 Å². The van der Waals surface area contributed by atoms with Gasteiger partial charge in [-0.05, 0) is 37.0 Å². The molecule has 4 heteroatoms. The first-order chi connectivity index (χ1) is 9.13. The van der Waals surface area contributed by atoms with E-state index in [-0.39, 0.29) is 18.0 Å². The molecule has 1 heterocycles. The number of rotatable bonds is 3. The van der Waals surface area contributed by atoms with Gasteiger partial charge in [-0.3, -0.25) is 4.79 Å². The average Bonchev–Trinajstić information content (AvgIpc) is 2.52. The number of likely N-dealkylation sites (tertiary alicyclic amines) is 1. The molecular formula is C15H21BrN2O. The third-order valence-corrected chi connectivity index (χ3v) is 4.19. The predicted molar refractivity (Wildman–Crippen MR) is 80.7 cm³/mol. The summed E-state index contributed by atoms with van der Waals surface area (Å²) in [6.45, 7) is 2.88. The van der Waals surface area contributed by atoms with Crippen molar-refractivity contribution >= 4 is 21.8 Å². The van der Waals surface area contributed by atoms with Crippen molar-refractivity contribution in [3.63, 3.8) is 0 Å². The van der Waals surface area contributed by atoms with Crippen LogP contribution in [0.25, 0.3) is 0 Å². The highest BCUT2D eigenvalue weighted by Gasteiger charge is 2.32. The molecule has 0 spiro atoms. The number of nitrogens with zero attached hydrogens (tertiary/aromatic N) is 1. The van der Waals surface area contributed by atoms with Gasteiger partial charge >= 0.3 is 0 Å². The van der Waals surface area contributed by atoms with Crippen LogP contribution in [0.3, 0.4) is 0 Å². The van der Waals surface area contributed by atoms with Gasteiger partial charge in [0.2, 0.25) is 5.91 Å². The van der Waals surface area contributed by atoms with E-state index in [1.165, 1.54) is 0 Å². The Labute approximate surface area is 123 Å². The molecule has 1 aromatic carbocycles. The predicted octanol–water partition coefficient (Wildman–Crippen LogP) is 3.24. The monoisotopic (exact) mass is 324 g/mol. The number of hydrogen-bond acceptors (Lipinski definition) is 2. The molecule has 3 nitrogen and oxygen atoms in total. The largest absolute Gasteiger partial charge is 0.334 e. The lowest BCUT2D eigenvalue weighted by Crippen LogP contribution is -2.42. The Morgan fingerprint density at radius 1 is 1.37 bits per heavy atom. The highest BCUT2D eigenvalue weighted by atomic mass is 79.9. The topological polar surface area (TPSA) is 46.3 Å². The lowest BCUT2D eigenvalue weighted by molar-refractivity contribution is -0.133. The Balaban J connectivity index is 2.34. The number of nitrogens with two attached hydrogens (primary N) is 1. The summed E-state index contributed by atoms with van der Waals surface area (Å²) in [5, 5.41) is 0. The first-order valence-corrected chi connectivity index (χ1v) is 7.73. The molecule has 1 aromatic rings. The SMILES string of the molecule is CCCN1C(=O)CCCC(N)C1c1ccc(Br)cc1. The van der Waals surface area contributed by atoms with Crippen LogP contribution in [0.4, 0.5) is 0 Å². The molecule has 1 saturated heterocycles. The summed E-state index contributed by atoms with van der Waals surface area (Å²) in [7, 11) is 0. The second kappa shape index (κ2) is 6.53. The Morgan fingerprint density at radius 2 is 2.05 bits per heavy atom. The Morgan fingerprint density at radius 3 is 2.68 bits per heavy atom. The molecule has 2 unspecified atom stereocenters. The maximum absolute atomic E-state index is 12.3. The second-order valence-electron chi connectivity index (χ2n) is 5.14. The smallest absolute Gasteiger partial charge is 0.223 e. The zero-order valence-electron chi connectivity index (χ0n) is 11.3. The quantitative estimate of drug-likeness (QED) is 0.927. The summed E-state index contributed by atoms with van der Waals surface area (Å²) in [5.41, 5.74) is 7.46. The van der Waals surface area contributed by atoms with Gasteiger partial charge in [-0.25, -0.2) is 0 Å². The van der Waals surface area contributed by atoms with Crippen molar-refractivity contribution in [1.29, 1.82) is 0 Å². The highest BCUT2D eigenvalue weighted by molar-refractivity contribution is 9.10. The number of hydrogen-bond donors (Lipinski definition) is 1. The molecule has 104 valence electrons. The van der Waals surface area contributed by atoms with Crippen molar-refractivity contribution in [3.8, 4) is 0 Å². The molecule has 2 atom stereocenters.